The van der Waals surface area contributed by atoms with Gasteiger partial charge < -0.3 is 5.32 Å². The number of fused-ring (bicyclic) bond motifs is 1. The lowest BCUT2D eigenvalue weighted by molar-refractivity contribution is 1.05. The number of rotatable bonds is 3. The zero-order valence-corrected chi connectivity index (χ0v) is 13.6. The lowest BCUT2D eigenvalue weighted by atomic mass is 10.1. The van der Waals surface area contributed by atoms with Crippen LogP contribution in [0.5, 0.6) is 0 Å². The minimum Gasteiger partial charge on any atom is -0.331 e. The van der Waals surface area contributed by atoms with E-state index in [9.17, 15) is 0 Å². The highest BCUT2D eigenvalue weighted by Crippen LogP contribution is 2.16. The molecular formula is C19H17N3S. The molecule has 0 aliphatic heterocycles. The second kappa shape index (κ2) is 7.03. The van der Waals surface area contributed by atoms with Crippen LogP contribution >= 0.6 is 12.2 Å². The molecule has 0 radical (unpaired) electrons. The van der Waals surface area contributed by atoms with E-state index in [4.69, 9.17) is 12.2 Å². The van der Waals surface area contributed by atoms with Crippen LogP contribution in [0.25, 0.3) is 10.8 Å². The molecular weight excluding hydrogens is 302 g/mol. The Kier molecular flexibility index (Phi) is 4.64. The molecule has 0 aliphatic carbocycles. The van der Waals surface area contributed by atoms with Crippen molar-refractivity contribution in [3.8, 4) is 0 Å². The zero-order valence-electron chi connectivity index (χ0n) is 12.8. The van der Waals surface area contributed by atoms with E-state index in [0.29, 0.717) is 5.11 Å². The van der Waals surface area contributed by atoms with Crippen molar-refractivity contribution in [1.29, 1.82) is 0 Å². The molecule has 0 atom stereocenters. The van der Waals surface area contributed by atoms with Gasteiger partial charge >= 0.3 is 0 Å². The van der Waals surface area contributed by atoms with E-state index in [1.807, 2.05) is 55.5 Å². The summed E-state index contributed by atoms with van der Waals surface area (Å²) in [5.41, 5.74) is 6.03. The maximum Gasteiger partial charge on any atom is 0.191 e. The summed E-state index contributed by atoms with van der Waals surface area (Å²) in [6, 6.07) is 22.4. The Balaban J connectivity index is 1.67. The molecule has 0 saturated carbocycles. The molecule has 3 aromatic rings. The smallest absolute Gasteiger partial charge is 0.191 e. The first-order valence-electron chi connectivity index (χ1n) is 7.37. The number of thiocarbonyl (C=S) groups is 1. The molecule has 0 heterocycles. The summed E-state index contributed by atoms with van der Waals surface area (Å²) < 4.78 is 0. The number of anilines is 1. The van der Waals surface area contributed by atoms with Crippen molar-refractivity contribution in [2.24, 2.45) is 5.10 Å². The van der Waals surface area contributed by atoms with E-state index in [1.165, 1.54) is 10.9 Å². The molecule has 3 aromatic carbocycles. The highest BCUT2D eigenvalue weighted by Gasteiger charge is 1.98. The van der Waals surface area contributed by atoms with E-state index in [1.54, 1.807) is 6.21 Å². The number of hydrogen-bond donors (Lipinski definition) is 2. The van der Waals surface area contributed by atoms with Crippen molar-refractivity contribution in [3.63, 3.8) is 0 Å². The van der Waals surface area contributed by atoms with Gasteiger partial charge in [0, 0.05) is 11.3 Å². The summed E-state index contributed by atoms with van der Waals surface area (Å²) in [5, 5.41) is 10.2. The maximum atomic E-state index is 5.25. The van der Waals surface area contributed by atoms with Gasteiger partial charge in [0.15, 0.2) is 5.11 Å². The topological polar surface area (TPSA) is 36.4 Å². The molecule has 3 rings (SSSR count). The van der Waals surface area contributed by atoms with E-state index in [2.05, 4.69) is 34.0 Å². The monoisotopic (exact) mass is 319 g/mol. The lowest BCUT2D eigenvalue weighted by Crippen LogP contribution is -2.23. The normalized spacial score (nSPS) is 10.8. The molecule has 0 spiro atoms. The molecule has 3 nitrogen and oxygen atoms in total. The first-order chi connectivity index (χ1) is 11.2. The van der Waals surface area contributed by atoms with Crippen molar-refractivity contribution in [2.75, 3.05) is 5.32 Å². The Labute approximate surface area is 141 Å². The van der Waals surface area contributed by atoms with Gasteiger partial charge in [-0.1, -0.05) is 54.6 Å². The van der Waals surface area contributed by atoms with Gasteiger partial charge in [-0.3, -0.25) is 5.43 Å². The van der Waals surface area contributed by atoms with Crippen molar-refractivity contribution in [1.82, 2.24) is 5.43 Å². The third-order valence-corrected chi connectivity index (χ3v) is 3.66. The summed E-state index contributed by atoms with van der Waals surface area (Å²) >= 11 is 5.25. The molecule has 0 fully saturated rings. The van der Waals surface area contributed by atoms with Gasteiger partial charge in [0.05, 0.1) is 6.21 Å². The van der Waals surface area contributed by atoms with Crippen molar-refractivity contribution < 1.29 is 0 Å². The maximum absolute atomic E-state index is 5.25. The van der Waals surface area contributed by atoms with Crippen LogP contribution < -0.4 is 10.7 Å². The van der Waals surface area contributed by atoms with Crippen molar-refractivity contribution in [2.45, 2.75) is 6.92 Å². The van der Waals surface area contributed by atoms with E-state index in [-0.39, 0.29) is 0 Å². The minimum absolute atomic E-state index is 0.465. The van der Waals surface area contributed by atoms with Crippen LogP contribution in [0.4, 0.5) is 5.69 Å². The molecule has 0 aromatic heterocycles. The average Bonchev–Trinajstić information content (AvgIpc) is 2.55. The Hall–Kier alpha value is -2.72. The fraction of sp³-hybridized carbons (Fsp3) is 0.0526. The fourth-order valence-electron chi connectivity index (χ4n) is 2.41. The number of nitrogens with zero attached hydrogens (tertiary/aromatic N) is 1. The van der Waals surface area contributed by atoms with E-state index in [0.717, 1.165) is 16.6 Å². The predicted octanol–water partition coefficient (Wildman–Crippen LogP) is 4.47. The number of hydrogen-bond acceptors (Lipinski definition) is 2. The lowest BCUT2D eigenvalue weighted by Gasteiger charge is -2.07. The first kappa shape index (κ1) is 15.2. The Morgan fingerprint density at radius 3 is 2.65 bits per heavy atom. The number of aryl methyl sites for hydroxylation is 1. The molecule has 0 bridgehead atoms. The second-order valence-corrected chi connectivity index (χ2v) is 5.67. The van der Waals surface area contributed by atoms with Crippen LogP contribution in [0.15, 0.2) is 71.8 Å². The van der Waals surface area contributed by atoms with Gasteiger partial charge in [0.1, 0.15) is 0 Å². The van der Waals surface area contributed by atoms with Gasteiger partial charge in [-0.25, -0.2) is 0 Å². The van der Waals surface area contributed by atoms with Crippen LogP contribution in [0.1, 0.15) is 11.1 Å². The molecule has 114 valence electrons. The van der Waals surface area contributed by atoms with Crippen LogP contribution in [0.2, 0.25) is 0 Å². The Morgan fingerprint density at radius 1 is 1.00 bits per heavy atom. The highest BCUT2D eigenvalue weighted by molar-refractivity contribution is 7.80. The number of benzene rings is 3. The summed E-state index contributed by atoms with van der Waals surface area (Å²) in [6.07, 6.45) is 1.78. The van der Waals surface area contributed by atoms with Crippen molar-refractivity contribution >= 4 is 40.0 Å². The second-order valence-electron chi connectivity index (χ2n) is 5.26. The molecule has 23 heavy (non-hydrogen) atoms. The van der Waals surface area contributed by atoms with Crippen LogP contribution in [0.3, 0.4) is 0 Å². The van der Waals surface area contributed by atoms with Gasteiger partial charge in [0.25, 0.3) is 0 Å². The average molecular weight is 319 g/mol. The van der Waals surface area contributed by atoms with Gasteiger partial charge in [-0.15, -0.1) is 0 Å². The van der Waals surface area contributed by atoms with Gasteiger partial charge in [0.2, 0.25) is 0 Å². The largest absolute Gasteiger partial charge is 0.331 e. The Morgan fingerprint density at radius 2 is 1.78 bits per heavy atom. The molecule has 2 N–H and O–H groups in total. The highest BCUT2D eigenvalue weighted by atomic mass is 32.1. The zero-order chi connectivity index (χ0) is 16.1. The van der Waals surface area contributed by atoms with Crippen molar-refractivity contribution in [3.05, 3.63) is 77.9 Å². The van der Waals surface area contributed by atoms with Crippen LogP contribution in [-0.2, 0) is 0 Å². The number of hydrazone groups is 1. The van der Waals surface area contributed by atoms with E-state index >= 15 is 0 Å². The molecule has 0 aliphatic rings. The Bertz CT molecular complexity index is 866. The summed E-state index contributed by atoms with van der Waals surface area (Å²) in [7, 11) is 0. The third kappa shape index (κ3) is 3.93. The summed E-state index contributed by atoms with van der Waals surface area (Å²) in [4.78, 5) is 0. The van der Waals surface area contributed by atoms with E-state index < -0.39 is 0 Å². The summed E-state index contributed by atoms with van der Waals surface area (Å²) in [5.74, 6) is 0. The predicted molar refractivity (Wildman–Crippen MR) is 102 cm³/mol. The fourth-order valence-corrected chi connectivity index (χ4v) is 2.58. The number of nitrogens with one attached hydrogen (secondary N) is 2. The molecule has 0 amide bonds. The van der Waals surface area contributed by atoms with Crippen LogP contribution in [0, 0.1) is 6.92 Å². The van der Waals surface area contributed by atoms with Gasteiger partial charge in [-0.2, -0.15) is 5.10 Å². The molecule has 0 unspecified atom stereocenters. The van der Waals surface area contributed by atoms with Crippen LogP contribution in [-0.4, -0.2) is 11.3 Å². The summed E-state index contributed by atoms with van der Waals surface area (Å²) in [6.45, 7) is 2.04. The third-order valence-electron chi connectivity index (χ3n) is 3.47. The molecule has 4 heteroatoms. The van der Waals surface area contributed by atoms with Gasteiger partial charge in [-0.05, 0) is 47.6 Å². The quantitative estimate of drug-likeness (QED) is 0.425. The standard InChI is InChI=1S/C19H17N3S/c1-14-6-4-10-17(12-14)21-19(23)22-20-13-16-9-5-8-15-7-2-3-11-18(15)16/h2-13H,1H3,(H2,21,22,23)/b20-13-. The minimum atomic E-state index is 0.465. The molecule has 0 saturated heterocycles. The SMILES string of the molecule is Cc1cccc(NC(=S)N/N=C\c2cccc3ccccc23)c1. The first-order valence-corrected chi connectivity index (χ1v) is 7.78.